The lowest BCUT2D eigenvalue weighted by atomic mass is 10.1. The van der Waals surface area contributed by atoms with Crippen LogP contribution in [0, 0.1) is 5.92 Å². The van der Waals surface area contributed by atoms with Gasteiger partial charge in [-0.05, 0) is 29.5 Å². The third kappa shape index (κ3) is 3.96. The summed E-state index contributed by atoms with van der Waals surface area (Å²) < 4.78 is 27.2. The molecule has 0 aromatic heterocycles. The van der Waals surface area contributed by atoms with E-state index in [1.165, 1.54) is 0 Å². The number of aryl methyl sites for hydroxylation is 1. The molecule has 0 heterocycles. The van der Waals surface area contributed by atoms with Crippen LogP contribution in [0.1, 0.15) is 38.8 Å². The van der Waals surface area contributed by atoms with Gasteiger partial charge in [-0.15, -0.1) is 11.6 Å². The molecule has 3 nitrogen and oxygen atoms in total. The monoisotopic (exact) mass is 317 g/mol. The Bertz CT molecular complexity index is 541. The van der Waals surface area contributed by atoms with Crippen LogP contribution in [0.2, 0.25) is 0 Å². The zero-order valence-electron chi connectivity index (χ0n) is 12.7. The van der Waals surface area contributed by atoms with Crippen LogP contribution >= 0.6 is 11.6 Å². The zero-order chi connectivity index (χ0) is 15.3. The Morgan fingerprint density at radius 3 is 2.35 bits per heavy atom. The fraction of sp³-hybridized carbons (Fsp3) is 0.600. The second-order valence-electron chi connectivity index (χ2n) is 5.28. The molecule has 0 unspecified atom stereocenters. The fourth-order valence-corrected chi connectivity index (χ4v) is 4.28. The van der Waals surface area contributed by atoms with Crippen molar-refractivity contribution < 1.29 is 8.42 Å². The summed E-state index contributed by atoms with van der Waals surface area (Å²) in [5.41, 5.74) is 1.68. The second kappa shape index (κ2) is 7.43. The highest BCUT2D eigenvalue weighted by atomic mass is 35.5. The van der Waals surface area contributed by atoms with E-state index < -0.39 is 10.0 Å². The Morgan fingerprint density at radius 1 is 1.25 bits per heavy atom. The maximum absolute atomic E-state index is 12.8. The van der Waals surface area contributed by atoms with Gasteiger partial charge >= 0.3 is 0 Å². The van der Waals surface area contributed by atoms with E-state index in [2.05, 4.69) is 0 Å². The number of hydrogen-bond donors (Lipinski definition) is 0. The van der Waals surface area contributed by atoms with Crippen molar-refractivity contribution >= 4 is 21.6 Å². The van der Waals surface area contributed by atoms with Crippen molar-refractivity contribution in [2.75, 3.05) is 13.1 Å². The number of nitrogens with zero attached hydrogens (tertiary/aromatic N) is 1. The fourth-order valence-electron chi connectivity index (χ4n) is 2.16. The predicted molar refractivity (Wildman–Crippen MR) is 84.6 cm³/mol. The maximum Gasteiger partial charge on any atom is 0.243 e. The van der Waals surface area contributed by atoms with Crippen molar-refractivity contribution in [2.45, 2.75) is 44.9 Å². The Balaban J connectivity index is 3.31. The average molecular weight is 318 g/mol. The van der Waals surface area contributed by atoms with E-state index in [1.54, 1.807) is 10.4 Å². The largest absolute Gasteiger partial charge is 0.243 e. The second-order valence-corrected chi connectivity index (χ2v) is 7.45. The van der Waals surface area contributed by atoms with Gasteiger partial charge in [0.2, 0.25) is 10.0 Å². The third-order valence-corrected chi connectivity index (χ3v) is 5.54. The number of halogens is 1. The molecule has 0 saturated heterocycles. The van der Waals surface area contributed by atoms with E-state index in [4.69, 9.17) is 11.6 Å². The van der Waals surface area contributed by atoms with Gasteiger partial charge in [-0.25, -0.2) is 8.42 Å². The van der Waals surface area contributed by atoms with Gasteiger partial charge in [0.15, 0.2) is 0 Å². The molecule has 0 saturated carbocycles. The molecule has 0 amide bonds. The van der Waals surface area contributed by atoms with E-state index in [0.717, 1.165) is 11.1 Å². The van der Waals surface area contributed by atoms with E-state index in [0.29, 0.717) is 36.2 Å². The van der Waals surface area contributed by atoms with Crippen molar-refractivity contribution in [3.63, 3.8) is 0 Å². The van der Waals surface area contributed by atoms with Crippen molar-refractivity contribution in [3.8, 4) is 0 Å². The van der Waals surface area contributed by atoms with E-state index in [9.17, 15) is 8.42 Å². The number of benzene rings is 1. The molecule has 0 bridgehead atoms. The highest BCUT2D eigenvalue weighted by Crippen LogP contribution is 2.24. The SMILES string of the molecule is CCc1ccc(CCl)cc1S(=O)(=O)N(CC)CC(C)C. The summed E-state index contributed by atoms with van der Waals surface area (Å²) in [7, 11) is -3.45. The minimum atomic E-state index is -3.45. The lowest BCUT2D eigenvalue weighted by molar-refractivity contribution is 0.380. The molecule has 0 aliphatic carbocycles. The summed E-state index contributed by atoms with van der Waals surface area (Å²) >= 11 is 5.83. The normalized spacial score (nSPS) is 12.3. The van der Waals surface area contributed by atoms with Gasteiger partial charge in [-0.3, -0.25) is 0 Å². The Kier molecular flexibility index (Phi) is 6.49. The van der Waals surface area contributed by atoms with Crippen LogP contribution in [0.5, 0.6) is 0 Å². The summed E-state index contributed by atoms with van der Waals surface area (Å²) in [5.74, 6) is 0.619. The number of sulfonamides is 1. The minimum Gasteiger partial charge on any atom is -0.207 e. The molecule has 0 aliphatic heterocycles. The molecule has 1 aromatic carbocycles. The maximum atomic E-state index is 12.8. The number of alkyl halides is 1. The standard InChI is InChI=1S/C15H24ClNO2S/c1-5-14-8-7-13(10-16)9-15(14)20(18,19)17(6-2)11-12(3)4/h7-9,12H,5-6,10-11H2,1-4H3. The van der Waals surface area contributed by atoms with Crippen molar-refractivity contribution in [1.29, 1.82) is 0 Å². The smallest absolute Gasteiger partial charge is 0.207 e. The van der Waals surface area contributed by atoms with E-state index in [-0.39, 0.29) is 0 Å². The molecule has 0 spiro atoms. The summed E-state index contributed by atoms with van der Waals surface area (Å²) in [6.45, 7) is 8.90. The molecule has 1 aromatic rings. The topological polar surface area (TPSA) is 37.4 Å². The highest BCUT2D eigenvalue weighted by molar-refractivity contribution is 7.89. The Labute approximate surface area is 128 Å². The molecule has 0 fully saturated rings. The van der Waals surface area contributed by atoms with Crippen LogP contribution in [-0.2, 0) is 22.3 Å². The van der Waals surface area contributed by atoms with Crippen LogP contribution in [0.3, 0.4) is 0 Å². The predicted octanol–water partition coefficient (Wildman–Crippen LogP) is 3.65. The number of hydrogen-bond acceptors (Lipinski definition) is 2. The summed E-state index contributed by atoms with van der Waals surface area (Å²) in [5, 5.41) is 0. The summed E-state index contributed by atoms with van der Waals surface area (Å²) in [4.78, 5) is 0.403. The van der Waals surface area contributed by atoms with Crippen molar-refractivity contribution in [2.24, 2.45) is 5.92 Å². The summed E-state index contributed by atoms with van der Waals surface area (Å²) in [6, 6.07) is 5.47. The van der Waals surface area contributed by atoms with E-state index >= 15 is 0 Å². The molecule has 5 heteroatoms. The molecular formula is C15H24ClNO2S. The molecule has 1 rings (SSSR count). The van der Waals surface area contributed by atoms with Gasteiger partial charge in [0, 0.05) is 19.0 Å². The first-order valence-electron chi connectivity index (χ1n) is 7.04. The van der Waals surface area contributed by atoms with Crippen molar-refractivity contribution in [3.05, 3.63) is 29.3 Å². The molecule has 0 radical (unpaired) electrons. The Hall–Kier alpha value is -0.580. The molecule has 20 heavy (non-hydrogen) atoms. The Morgan fingerprint density at radius 2 is 1.90 bits per heavy atom. The van der Waals surface area contributed by atoms with Crippen LogP contribution in [-0.4, -0.2) is 25.8 Å². The summed E-state index contributed by atoms with van der Waals surface area (Å²) in [6.07, 6.45) is 0.691. The lowest BCUT2D eigenvalue weighted by Crippen LogP contribution is -2.34. The van der Waals surface area contributed by atoms with Crippen LogP contribution in [0.25, 0.3) is 0 Å². The molecular weight excluding hydrogens is 294 g/mol. The van der Waals surface area contributed by atoms with Gasteiger partial charge < -0.3 is 0 Å². The zero-order valence-corrected chi connectivity index (χ0v) is 14.3. The van der Waals surface area contributed by atoms with Crippen LogP contribution in [0.15, 0.2) is 23.1 Å². The van der Waals surface area contributed by atoms with Crippen LogP contribution < -0.4 is 0 Å². The minimum absolute atomic E-state index is 0.297. The average Bonchev–Trinajstić information content (AvgIpc) is 2.43. The molecule has 0 aliphatic rings. The third-order valence-electron chi connectivity index (χ3n) is 3.21. The van der Waals surface area contributed by atoms with Gasteiger partial charge in [-0.1, -0.05) is 39.8 Å². The van der Waals surface area contributed by atoms with Crippen molar-refractivity contribution in [1.82, 2.24) is 4.31 Å². The first kappa shape index (κ1) is 17.5. The first-order chi connectivity index (χ1) is 9.36. The highest BCUT2D eigenvalue weighted by Gasteiger charge is 2.26. The van der Waals surface area contributed by atoms with Gasteiger partial charge in [-0.2, -0.15) is 4.31 Å². The van der Waals surface area contributed by atoms with Gasteiger partial charge in [0.25, 0.3) is 0 Å². The van der Waals surface area contributed by atoms with Gasteiger partial charge in [0.05, 0.1) is 4.90 Å². The first-order valence-corrected chi connectivity index (χ1v) is 9.02. The van der Waals surface area contributed by atoms with Crippen LogP contribution in [0.4, 0.5) is 0 Å². The quantitative estimate of drug-likeness (QED) is 0.720. The molecule has 114 valence electrons. The van der Waals surface area contributed by atoms with E-state index in [1.807, 2.05) is 39.8 Å². The molecule has 0 atom stereocenters. The number of rotatable bonds is 7. The van der Waals surface area contributed by atoms with Gasteiger partial charge in [0.1, 0.15) is 0 Å². The lowest BCUT2D eigenvalue weighted by Gasteiger charge is -2.24. The molecule has 0 N–H and O–H groups in total.